The van der Waals surface area contributed by atoms with E-state index in [2.05, 4.69) is 5.32 Å². The number of hydrogen-bond acceptors (Lipinski definition) is 6. The van der Waals surface area contributed by atoms with Gasteiger partial charge in [0.2, 0.25) is 0 Å². The first-order chi connectivity index (χ1) is 14.4. The zero-order chi connectivity index (χ0) is 21.7. The minimum absolute atomic E-state index is 0.0671. The van der Waals surface area contributed by atoms with Crippen LogP contribution in [0.4, 0.5) is 0 Å². The number of rotatable bonds is 7. The van der Waals surface area contributed by atoms with Gasteiger partial charge in [0.1, 0.15) is 22.6 Å². The van der Waals surface area contributed by atoms with Gasteiger partial charge in [0.25, 0.3) is 5.91 Å². The molecule has 3 aromatic rings. The predicted molar refractivity (Wildman–Crippen MR) is 112 cm³/mol. The van der Waals surface area contributed by atoms with Crippen molar-refractivity contribution in [1.29, 1.82) is 0 Å². The monoisotopic (exact) mass is 409 g/mol. The zero-order valence-corrected chi connectivity index (χ0v) is 17.1. The van der Waals surface area contributed by atoms with Crippen LogP contribution in [-0.4, -0.2) is 25.0 Å². The number of nitrogens with one attached hydrogen (secondary N) is 1. The van der Waals surface area contributed by atoms with Crippen LogP contribution < -0.4 is 20.4 Å². The molecule has 2 aromatic carbocycles. The van der Waals surface area contributed by atoms with E-state index in [0.717, 1.165) is 17.5 Å². The van der Waals surface area contributed by atoms with Crippen LogP contribution in [0.3, 0.4) is 0 Å². The maximum absolute atomic E-state index is 12.1. The van der Waals surface area contributed by atoms with Gasteiger partial charge in [-0.2, -0.15) is 0 Å². The molecule has 0 fully saturated rings. The number of aryl methyl sites for hydroxylation is 2. The van der Waals surface area contributed by atoms with Gasteiger partial charge in [-0.1, -0.05) is 24.6 Å². The molecule has 0 saturated heterocycles. The lowest BCUT2D eigenvalue weighted by atomic mass is 10.1. The lowest BCUT2D eigenvalue weighted by Gasteiger charge is -2.10. The summed E-state index contributed by atoms with van der Waals surface area (Å²) in [7, 11) is 0. The second kappa shape index (κ2) is 9.26. The van der Waals surface area contributed by atoms with Crippen molar-refractivity contribution in [2.45, 2.75) is 27.2 Å². The Kier molecular flexibility index (Phi) is 6.51. The van der Waals surface area contributed by atoms with E-state index in [-0.39, 0.29) is 23.5 Å². The standard InChI is InChI=1S/C23H23NO6/c1-4-9-24-22(26)18-11-16-6-7-17(12-20(16)30-23(18)27)29-21(25)13-28-19-8-5-14(2)10-15(19)3/h5-8,10-12H,4,9,13H2,1-3H3,(H,24,26). The number of ether oxygens (including phenoxy) is 2. The first kappa shape index (κ1) is 21.1. The molecule has 1 aromatic heterocycles. The summed E-state index contributed by atoms with van der Waals surface area (Å²) in [6.45, 7) is 6.00. The summed E-state index contributed by atoms with van der Waals surface area (Å²) in [6, 6.07) is 11.7. The largest absolute Gasteiger partial charge is 0.482 e. The van der Waals surface area contributed by atoms with Crippen LogP contribution in [0.15, 0.2) is 51.7 Å². The fraction of sp³-hybridized carbons (Fsp3) is 0.261. The van der Waals surface area contributed by atoms with E-state index in [4.69, 9.17) is 13.9 Å². The van der Waals surface area contributed by atoms with Crippen molar-refractivity contribution in [1.82, 2.24) is 5.32 Å². The molecule has 7 heteroatoms. The molecule has 3 rings (SSSR count). The molecule has 7 nitrogen and oxygen atoms in total. The molecule has 0 radical (unpaired) electrons. The summed E-state index contributed by atoms with van der Waals surface area (Å²) < 4.78 is 16.0. The van der Waals surface area contributed by atoms with Crippen LogP contribution in [0.5, 0.6) is 11.5 Å². The van der Waals surface area contributed by atoms with Gasteiger partial charge in [-0.05, 0) is 50.1 Å². The quantitative estimate of drug-likeness (QED) is 0.364. The third-order valence-corrected chi connectivity index (χ3v) is 4.40. The van der Waals surface area contributed by atoms with Gasteiger partial charge >= 0.3 is 11.6 Å². The van der Waals surface area contributed by atoms with Crippen molar-refractivity contribution >= 4 is 22.8 Å². The summed E-state index contributed by atoms with van der Waals surface area (Å²) in [4.78, 5) is 36.3. The van der Waals surface area contributed by atoms with E-state index in [1.54, 1.807) is 18.2 Å². The van der Waals surface area contributed by atoms with Gasteiger partial charge in [0.05, 0.1) is 0 Å². The first-order valence-corrected chi connectivity index (χ1v) is 9.64. The molecule has 1 amide bonds. The molecule has 0 atom stereocenters. The Morgan fingerprint density at radius 3 is 2.60 bits per heavy atom. The normalized spacial score (nSPS) is 10.6. The molecule has 0 aliphatic heterocycles. The van der Waals surface area contributed by atoms with E-state index in [0.29, 0.717) is 17.7 Å². The molecule has 1 heterocycles. The molecule has 0 spiro atoms. The van der Waals surface area contributed by atoms with Crippen molar-refractivity contribution in [2.24, 2.45) is 0 Å². The van der Waals surface area contributed by atoms with E-state index in [1.807, 2.05) is 32.9 Å². The number of carbonyl (C=O) groups excluding carboxylic acids is 2. The molecule has 156 valence electrons. The second-order valence-corrected chi connectivity index (χ2v) is 6.93. The highest BCUT2D eigenvalue weighted by Gasteiger charge is 2.14. The van der Waals surface area contributed by atoms with Gasteiger partial charge < -0.3 is 19.2 Å². The third kappa shape index (κ3) is 5.05. The van der Waals surface area contributed by atoms with Gasteiger partial charge in [-0.15, -0.1) is 0 Å². The maximum Gasteiger partial charge on any atom is 0.349 e. The highest BCUT2D eigenvalue weighted by atomic mass is 16.6. The average Bonchev–Trinajstić information content (AvgIpc) is 2.70. The lowest BCUT2D eigenvalue weighted by Crippen LogP contribution is -2.28. The number of carbonyl (C=O) groups is 2. The van der Waals surface area contributed by atoms with Gasteiger partial charge in [-0.25, -0.2) is 9.59 Å². The van der Waals surface area contributed by atoms with Gasteiger partial charge in [0.15, 0.2) is 6.61 Å². The molecule has 0 unspecified atom stereocenters. The molecular weight excluding hydrogens is 386 g/mol. The number of benzene rings is 2. The number of fused-ring (bicyclic) bond motifs is 1. The minimum atomic E-state index is -0.752. The van der Waals surface area contributed by atoms with Crippen molar-refractivity contribution in [3.63, 3.8) is 0 Å². The summed E-state index contributed by atoms with van der Waals surface area (Å²) in [5.74, 6) is -0.252. The highest BCUT2D eigenvalue weighted by molar-refractivity contribution is 5.96. The third-order valence-electron chi connectivity index (χ3n) is 4.40. The topological polar surface area (TPSA) is 94.8 Å². The first-order valence-electron chi connectivity index (χ1n) is 9.64. The Bertz CT molecular complexity index is 1150. The van der Waals surface area contributed by atoms with Gasteiger partial charge in [-0.3, -0.25) is 4.79 Å². The van der Waals surface area contributed by atoms with E-state index in [9.17, 15) is 14.4 Å². The zero-order valence-electron chi connectivity index (χ0n) is 17.1. The van der Waals surface area contributed by atoms with Crippen LogP contribution >= 0.6 is 0 Å². The molecule has 0 bridgehead atoms. The van der Waals surface area contributed by atoms with Crippen molar-refractivity contribution < 1.29 is 23.5 Å². The molecule has 0 aliphatic rings. The smallest absolute Gasteiger partial charge is 0.349 e. The van der Waals surface area contributed by atoms with Crippen LogP contribution in [0.1, 0.15) is 34.8 Å². The van der Waals surface area contributed by atoms with Crippen LogP contribution in [0, 0.1) is 13.8 Å². The molecular formula is C23H23NO6. The SMILES string of the molecule is CCCNC(=O)c1cc2ccc(OC(=O)COc3ccc(C)cc3C)cc2oc1=O. The number of amides is 1. The van der Waals surface area contributed by atoms with Crippen molar-refractivity contribution in [3.05, 3.63) is 69.6 Å². The van der Waals surface area contributed by atoms with Crippen LogP contribution in [0.25, 0.3) is 11.0 Å². The highest BCUT2D eigenvalue weighted by Crippen LogP contribution is 2.22. The molecule has 30 heavy (non-hydrogen) atoms. The Hall–Kier alpha value is -3.61. The fourth-order valence-electron chi connectivity index (χ4n) is 2.91. The summed E-state index contributed by atoms with van der Waals surface area (Å²) in [5, 5.41) is 3.19. The Labute approximate surface area is 173 Å². The van der Waals surface area contributed by atoms with E-state index in [1.165, 1.54) is 12.1 Å². The summed E-state index contributed by atoms with van der Waals surface area (Å²) >= 11 is 0. The lowest BCUT2D eigenvalue weighted by molar-refractivity contribution is -0.136. The summed E-state index contributed by atoms with van der Waals surface area (Å²) in [5.41, 5.74) is 1.42. The molecule has 0 aliphatic carbocycles. The minimum Gasteiger partial charge on any atom is -0.482 e. The molecule has 0 saturated carbocycles. The molecule has 1 N–H and O–H groups in total. The Morgan fingerprint density at radius 1 is 1.07 bits per heavy atom. The Balaban J connectivity index is 1.70. The fourth-order valence-corrected chi connectivity index (χ4v) is 2.91. The predicted octanol–water partition coefficient (Wildman–Crippen LogP) is 3.53. The number of esters is 1. The van der Waals surface area contributed by atoms with Crippen LogP contribution in [0.2, 0.25) is 0 Å². The van der Waals surface area contributed by atoms with E-state index >= 15 is 0 Å². The Morgan fingerprint density at radius 2 is 1.87 bits per heavy atom. The van der Waals surface area contributed by atoms with Gasteiger partial charge in [0, 0.05) is 18.0 Å². The average molecular weight is 409 g/mol. The van der Waals surface area contributed by atoms with Crippen molar-refractivity contribution in [3.8, 4) is 11.5 Å². The maximum atomic E-state index is 12.1. The van der Waals surface area contributed by atoms with E-state index < -0.39 is 17.5 Å². The number of hydrogen-bond donors (Lipinski definition) is 1. The van der Waals surface area contributed by atoms with Crippen LogP contribution in [-0.2, 0) is 4.79 Å². The second-order valence-electron chi connectivity index (χ2n) is 6.93. The summed E-state index contributed by atoms with van der Waals surface area (Å²) in [6.07, 6.45) is 0.757. The van der Waals surface area contributed by atoms with Crippen molar-refractivity contribution in [2.75, 3.05) is 13.2 Å².